The lowest BCUT2D eigenvalue weighted by atomic mass is 10.0. The number of hydrogen-bond acceptors (Lipinski definition) is 3. The molecule has 68 valence electrons. The van der Waals surface area contributed by atoms with Gasteiger partial charge < -0.3 is 16.4 Å². The summed E-state index contributed by atoms with van der Waals surface area (Å²) in [7, 11) is 1.95. The molecule has 0 fully saturated rings. The second kappa shape index (κ2) is 2.78. The van der Waals surface area contributed by atoms with Crippen molar-refractivity contribution in [2.45, 2.75) is 6.17 Å². The second-order valence-electron chi connectivity index (χ2n) is 3.31. The summed E-state index contributed by atoms with van der Waals surface area (Å²) in [5.41, 5.74) is 14.7. The lowest BCUT2D eigenvalue weighted by Crippen LogP contribution is -2.29. The van der Waals surface area contributed by atoms with Crippen LogP contribution in [0.1, 0.15) is 17.3 Å². The average Bonchev–Trinajstić information content (AvgIpc) is 2.12. The molecule has 1 aliphatic rings. The summed E-state index contributed by atoms with van der Waals surface area (Å²) >= 11 is 0. The molecule has 2 rings (SSSR count). The highest BCUT2D eigenvalue weighted by atomic mass is 15.2. The Bertz CT molecular complexity index is 357. The van der Waals surface area contributed by atoms with Gasteiger partial charge in [0.15, 0.2) is 0 Å². The van der Waals surface area contributed by atoms with Crippen LogP contribution in [-0.4, -0.2) is 11.9 Å². The average molecular weight is 175 g/mol. The molecule has 0 saturated heterocycles. The summed E-state index contributed by atoms with van der Waals surface area (Å²) in [6, 6.07) is 5.81. The number of nitrogens with two attached hydrogens (primary N) is 2. The van der Waals surface area contributed by atoms with Gasteiger partial charge in [-0.3, -0.25) is 0 Å². The molecule has 13 heavy (non-hydrogen) atoms. The molecular formula is C10H13N3. The van der Waals surface area contributed by atoms with Gasteiger partial charge in [-0.2, -0.15) is 0 Å². The van der Waals surface area contributed by atoms with E-state index in [4.69, 9.17) is 11.5 Å². The summed E-state index contributed by atoms with van der Waals surface area (Å²) in [6.07, 6.45) is 3.94. The molecule has 0 bridgehead atoms. The normalized spacial score (nSPS) is 20.2. The molecule has 1 atom stereocenters. The molecule has 3 heteroatoms. The van der Waals surface area contributed by atoms with Crippen LogP contribution in [0.5, 0.6) is 0 Å². The Morgan fingerprint density at radius 1 is 1.38 bits per heavy atom. The minimum atomic E-state index is -0.0801. The zero-order valence-electron chi connectivity index (χ0n) is 7.57. The minimum Gasteiger partial charge on any atom is -0.399 e. The fourth-order valence-corrected chi connectivity index (χ4v) is 1.51. The number of benzene rings is 1. The largest absolute Gasteiger partial charge is 0.399 e. The first-order valence-corrected chi connectivity index (χ1v) is 4.23. The Morgan fingerprint density at radius 3 is 2.92 bits per heavy atom. The highest BCUT2D eigenvalue weighted by Gasteiger charge is 2.16. The van der Waals surface area contributed by atoms with E-state index in [1.54, 1.807) is 0 Å². The maximum atomic E-state index is 5.98. The van der Waals surface area contributed by atoms with E-state index in [9.17, 15) is 0 Å². The van der Waals surface area contributed by atoms with Crippen molar-refractivity contribution < 1.29 is 0 Å². The van der Waals surface area contributed by atoms with Gasteiger partial charge in [0.1, 0.15) is 6.17 Å². The van der Waals surface area contributed by atoms with E-state index in [1.165, 1.54) is 0 Å². The van der Waals surface area contributed by atoms with E-state index in [1.807, 2.05) is 42.4 Å². The summed E-state index contributed by atoms with van der Waals surface area (Å²) in [5, 5.41) is 0. The van der Waals surface area contributed by atoms with Crippen LogP contribution in [0.4, 0.5) is 5.69 Å². The van der Waals surface area contributed by atoms with Gasteiger partial charge in [0, 0.05) is 18.9 Å². The molecule has 0 spiro atoms. The van der Waals surface area contributed by atoms with Gasteiger partial charge in [-0.15, -0.1) is 0 Å². The Kier molecular flexibility index (Phi) is 1.74. The number of rotatable bonds is 0. The van der Waals surface area contributed by atoms with Crippen LogP contribution < -0.4 is 11.5 Å². The number of nitrogen functional groups attached to an aromatic ring is 1. The van der Waals surface area contributed by atoms with Crippen LogP contribution in [0.3, 0.4) is 0 Å². The van der Waals surface area contributed by atoms with E-state index >= 15 is 0 Å². The molecule has 0 amide bonds. The van der Waals surface area contributed by atoms with Gasteiger partial charge in [0.05, 0.1) is 0 Å². The first kappa shape index (κ1) is 8.13. The maximum Gasteiger partial charge on any atom is 0.103 e. The van der Waals surface area contributed by atoms with Crippen molar-refractivity contribution in [3.8, 4) is 0 Å². The third-order valence-corrected chi connectivity index (χ3v) is 2.36. The zero-order valence-corrected chi connectivity index (χ0v) is 7.57. The Balaban J connectivity index is 2.54. The first-order valence-electron chi connectivity index (χ1n) is 4.23. The molecule has 0 saturated carbocycles. The van der Waals surface area contributed by atoms with Crippen molar-refractivity contribution >= 4 is 11.8 Å². The molecule has 0 aliphatic carbocycles. The third-order valence-electron chi connectivity index (χ3n) is 2.36. The molecule has 1 aliphatic heterocycles. The van der Waals surface area contributed by atoms with Gasteiger partial charge >= 0.3 is 0 Å². The van der Waals surface area contributed by atoms with E-state index in [2.05, 4.69) is 0 Å². The molecule has 1 heterocycles. The predicted octanol–water partition coefficient (Wildman–Crippen LogP) is 1.14. The van der Waals surface area contributed by atoms with E-state index in [-0.39, 0.29) is 6.17 Å². The fraction of sp³-hybridized carbons (Fsp3) is 0.200. The zero-order chi connectivity index (χ0) is 9.42. The third kappa shape index (κ3) is 1.27. The quantitative estimate of drug-likeness (QED) is 0.581. The smallest absolute Gasteiger partial charge is 0.103 e. The van der Waals surface area contributed by atoms with Crippen molar-refractivity contribution in [3.05, 3.63) is 35.5 Å². The van der Waals surface area contributed by atoms with Crippen molar-refractivity contribution in [1.29, 1.82) is 0 Å². The van der Waals surface area contributed by atoms with Crippen LogP contribution in [0.2, 0.25) is 0 Å². The number of anilines is 1. The van der Waals surface area contributed by atoms with Crippen LogP contribution in [0, 0.1) is 0 Å². The fourth-order valence-electron chi connectivity index (χ4n) is 1.51. The van der Waals surface area contributed by atoms with E-state index in [0.29, 0.717) is 0 Å². The van der Waals surface area contributed by atoms with Crippen LogP contribution in [0.15, 0.2) is 24.4 Å². The Hall–Kier alpha value is -1.48. The number of hydrogen-bond donors (Lipinski definition) is 2. The highest BCUT2D eigenvalue weighted by molar-refractivity contribution is 5.60. The lowest BCUT2D eigenvalue weighted by Gasteiger charge is -2.28. The van der Waals surface area contributed by atoms with Gasteiger partial charge in [0.2, 0.25) is 0 Å². The molecule has 1 unspecified atom stereocenters. The van der Waals surface area contributed by atoms with Crippen LogP contribution in [0.25, 0.3) is 6.08 Å². The standard InChI is InChI=1S/C10H13N3/c1-13-5-4-7-2-3-8(11)6-9(7)10(13)12/h2-6,10H,11-12H2,1H3. The van der Waals surface area contributed by atoms with Gasteiger partial charge in [0.25, 0.3) is 0 Å². The highest BCUT2D eigenvalue weighted by Crippen LogP contribution is 2.26. The summed E-state index contributed by atoms with van der Waals surface area (Å²) < 4.78 is 0. The molecule has 0 aromatic heterocycles. The molecule has 1 aromatic rings. The van der Waals surface area contributed by atoms with Crippen molar-refractivity contribution in [2.24, 2.45) is 5.73 Å². The summed E-state index contributed by atoms with van der Waals surface area (Å²) in [5.74, 6) is 0. The topological polar surface area (TPSA) is 55.3 Å². The number of nitrogens with zero attached hydrogens (tertiary/aromatic N) is 1. The van der Waals surface area contributed by atoms with E-state index in [0.717, 1.165) is 16.8 Å². The van der Waals surface area contributed by atoms with Crippen molar-refractivity contribution in [1.82, 2.24) is 4.90 Å². The first-order chi connectivity index (χ1) is 6.18. The monoisotopic (exact) mass is 175 g/mol. The van der Waals surface area contributed by atoms with Crippen LogP contribution >= 0.6 is 0 Å². The SMILES string of the molecule is CN1C=Cc2ccc(N)cc2C1N. The van der Waals surface area contributed by atoms with Gasteiger partial charge in [-0.1, -0.05) is 6.07 Å². The second-order valence-corrected chi connectivity index (χ2v) is 3.31. The van der Waals surface area contributed by atoms with Gasteiger partial charge in [-0.25, -0.2) is 0 Å². The Labute approximate surface area is 77.6 Å². The van der Waals surface area contributed by atoms with Gasteiger partial charge in [-0.05, 0) is 29.3 Å². The maximum absolute atomic E-state index is 5.98. The minimum absolute atomic E-state index is 0.0801. The molecule has 1 aromatic carbocycles. The van der Waals surface area contributed by atoms with Crippen molar-refractivity contribution in [2.75, 3.05) is 12.8 Å². The molecule has 3 nitrogen and oxygen atoms in total. The van der Waals surface area contributed by atoms with E-state index < -0.39 is 0 Å². The molecule has 0 radical (unpaired) electrons. The summed E-state index contributed by atoms with van der Waals surface area (Å²) in [4.78, 5) is 1.96. The molecular weight excluding hydrogens is 162 g/mol. The summed E-state index contributed by atoms with van der Waals surface area (Å²) in [6.45, 7) is 0. The molecule has 4 N–H and O–H groups in total. The lowest BCUT2D eigenvalue weighted by molar-refractivity contribution is 0.343. The predicted molar refractivity (Wildman–Crippen MR) is 54.6 cm³/mol. The van der Waals surface area contributed by atoms with Crippen molar-refractivity contribution in [3.63, 3.8) is 0 Å². The Morgan fingerprint density at radius 2 is 2.15 bits per heavy atom. The van der Waals surface area contributed by atoms with Crippen LogP contribution in [-0.2, 0) is 0 Å². The number of fused-ring (bicyclic) bond motifs is 1.